The highest BCUT2D eigenvalue weighted by atomic mass is 16.5. The summed E-state index contributed by atoms with van der Waals surface area (Å²) in [5.74, 6) is 2.27. The first kappa shape index (κ1) is 17.0. The summed E-state index contributed by atoms with van der Waals surface area (Å²) in [5.41, 5.74) is 0. The second-order valence-corrected chi connectivity index (χ2v) is 7.24. The van der Waals surface area contributed by atoms with Crippen molar-refractivity contribution >= 4 is 5.82 Å². The molecule has 1 aromatic rings. The molecule has 0 N–H and O–H groups in total. The Balaban J connectivity index is 1.40. The van der Waals surface area contributed by atoms with Crippen molar-refractivity contribution in [2.24, 2.45) is 5.92 Å². The molecule has 7 heteroatoms. The Morgan fingerprint density at radius 3 is 2.60 bits per heavy atom. The maximum absolute atomic E-state index is 6.04. The molecule has 7 nitrogen and oxygen atoms in total. The van der Waals surface area contributed by atoms with Crippen LogP contribution in [-0.4, -0.2) is 79.6 Å². The van der Waals surface area contributed by atoms with Gasteiger partial charge in [0, 0.05) is 51.1 Å². The molecule has 3 aliphatic heterocycles. The van der Waals surface area contributed by atoms with E-state index in [0.29, 0.717) is 17.8 Å². The van der Waals surface area contributed by atoms with Gasteiger partial charge in [0.05, 0.1) is 26.4 Å². The largest absolute Gasteiger partial charge is 0.474 e. The highest BCUT2D eigenvalue weighted by Crippen LogP contribution is 2.28. The minimum absolute atomic E-state index is 0.204. The van der Waals surface area contributed by atoms with E-state index in [4.69, 9.17) is 14.2 Å². The predicted molar refractivity (Wildman–Crippen MR) is 94.1 cm³/mol. The Morgan fingerprint density at radius 2 is 1.80 bits per heavy atom. The van der Waals surface area contributed by atoms with Crippen LogP contribution in [0.2, 0.25) is 0 Å². The van der Waals surface area contributed by atoms with Crippen LogP contribution in [0, 0.1) is 5.92 Å². The van der Waals surface area contributed by atoms with Crippen LogP contribution in [0.5, 0.6) is 5.88 Å². The summed E-state index contributed by atoms with van der Waals surface area (Å²) in [6.07, 6.45) is 3.69. The van der Waals surface area contributed by atoms with Gasteiger partial charge in [0.1, 0.15) is 18.2 Å². The first-order chi connectivity index (χ1) is 12.3. The fraction of sp³-hybridized carbons (Fsp3) is 0.778. The Hall–Kier alpha value is -1.44. The lowest BCUT2D eigenvalue weighted by Gasteiger charge is -2.34. The van der Waals surface area contributed by atoms with Gasteiger partial charge in [-0.3, -0.25) is 4.90 Å². The molecular formula is C18H28N4O3. The molecule has 3 aliphatic rings. The number of ether oxygens (including phenoxy) is 3. The molecule has 3 saturated heterocycles. The Bertz CT molecular complexity index is 561. The lowest BCUT2D eigenvalue weighted by Crippen LogP contribution is -2.46. The normalized spacial score (nSPS) is 29.1. The molecule has 25 heavy (non-hydrogen) atoms. The van der Waals surface area contributed by atoms with Gasteiger partial charge in [-0.1, -0.05) is 6.92 Å². The number of aromatic nitrogens is 2. The van der Waals surface area contributed by atoms with E-state index in [0.717, 1.165) is 71.3 Å². The molecule has 0 saturated carbocycles. The maximum Gasteiger partial charge on any atom is 0.218 e. The first-order valence-corrected chi connectivity index (χ1v) is 9.43. The summed E-state index contributed by atoms with van der Waals surface area (Å²) < 4.78 is 16.9. The molecule has 0 aromatic carbocycles. The monoisotopic (exact) mass is 348 g/mol. The third-order valence-corrected chi connectivity index (χ3v) is 5.49. The van der Waals surface area contributed by atoms with E-state index in [1.165, 1.54) is 0 Å². The molecule has 0 aliphatic carbocycles. The first-order valence-electron chi connectivity index (χ1n) is 9.43. The molecule has 0 amide bonds. The number of hydrogen-bond donors (Lipinski definition) is 0. The van der Waals surface area contributed by atoms with Crippen LogP contribution in [0.3, 0.4) is 0 Å². The van der Waals surface area contributed by atoms with Gasteiger partial charge in [-0.2, -0.15) is 0 Å². The zero-order valence-electron chi connectivity index (χ0n) is 15.0. The van der Waals surface area contributed by atoms with Crippen molar-refractivity contribution in [1.29, 1.82) is 0 Å². The number of rotatable bonds is 4. The zero-order chi connectivity index (χ0) is 17.1. The van der Waals surface area contributed by atoms with Crippen LogP contribution in [0.1, 0.15) is 19.8 Å². The smallest absolute Gasteiger partial charge is 0.218 e. The average molecular weight is 348 g/mol. The lowest BCUT2D eigenvalue weighted by molar-refractivity contribution is 0.0134. The van der Waals surface area contributed by atoms with Crippen molar-refractivity contribution in [2.75, 3.05) is 57.5 Å². The van der Waals surface area contributed by atoms with Crippen LogP contribution < -0.4 is 9.64 Å². The van der Waals surface area contributed by atoms with Crippen molar-refractivity contribution in [2.45, 2.75) is 31.9 Å². The quantitative estimate of drug-likeness (QED) is 0.810. The van der Waals surface area contributed by atoms with Crippen LogP contribution in [-0.2, 0) is 9.47 Å². The molecule has 1 aromatic heterocycles. The van der Waals surface area contributed by atoms with E-state index in [-0.39, 0.29) is 6.10 Å². The molecule has 3 fully saturated rings. The molecule has 2 unspecified atom stereocenters. The highest BCUT2D eigenvalue weighted by Gasteiger charge is 2.35. The van der Waals surface area contributed by atoms with E-state index in [2.05, 4.69) is 26.7 Å². The van der Waals surface area contributed by atoms with Gasteiger partial charge in [0.25, 0.3) is 0 Å². The van der Waals surface area contributed by atoms with Crippen LogP contribution in [0.25, 0.3) is 0 Å². The molecule has 0 bridgehead atoms. The van der Waals surface area contributed by atoms with Gasteiger partial charge in [0.15, 0.2) is 0 Å². The summed E-state index contributed by atoms with van der Waals surface area (Å²) in [6, 6.07) is 2.56. The van der Waals surface area contributed by atoms with Gasteiger partial charge < -0.3 is 19.1 Å². The summed E-state index contributed by atoms with van der Waals surface area (Å²) in [6.45, 7) is 9.67. The number of hydrogen-bond acceptors (Lipinski definition) is 7. The summed E-state index contributed by atoms with van der Waals surface area (Å²) in [7, 11) is 0. The van der Waals surface area contributed by atoms with E-state index in [9.17, 15) is 0 Å². The number of anilines is 1. The molecule has 138 valence electrons. The third-order valence-electron chi connectivity index (χ3n) is 5.49. The number of nitrogens with zero attached hydrogens (tertiary/aromatic N) is 4. The van der Waals surface area contributed by atoms with Crippen molar-refractivity contribution in [3.8, 4) is 5.88 Å². The predicted octanol–water partition coefficient (Wildman–Crippen LogP) is 1.19. The van der Waals surface area contributed by atoms with Gasteiger partial charge in [-0.15, -0.1) is 0 Å². The van der Waals surface area contributed by atoms with Crippen molar-refractivity contribution in [3.05, 3.63) is 12.4 Å². The van der Waals surface area contributed by atoms with Crippen LogP contribution in [0.15, 0.2) is 12.4 Å². The van der Waals surface area contributed by atoms with E-state index >= 15 is 0 Å². The molecule has 4 heterocycles. The highest BCUT2D eigenvalue weighted by molar-refractivity contribution is 5.42. The Kier molecular flexibility index (Phi) is 5.33. The summed E-state index contributed by atoms with van der Waals surface area (Å²) >= 11 is 0. The minimum Gasteiger partial charge on any atom is -0.474 e. The van der Waals surface area contributed by atoms with E-state index in [1.54, 1.807) is 6.33 Å². The summed E-state index contributed by atoms with van der Waals surface area (Å²) in [4.78, 5) is 13.7. The fourth-order valence-electron chi connectivity index (χ4n) is 4.05. The second-order valence-electron chi connectivity index (χ2n) is 7.24. The van der Waals surface area contributed by atoms with Gasteiger partial charge in [0.2, 0.25) is 5.88 Å². The van der Waals surface area contributed by atoms with E-state index in [1.807, 2.05) is 6.07 Å². The average Bonchev–Trinajstić information content (AvgIpc) is 3.05. The molecule has 0 spiro atoms. The lowest BCUT2D eigenvalue weighted by atomic mass is 10.0. The third kappa shape index (κ3) is 4.04. The minimum atomic E-state index is 0.204. The number of morpholine rings is 1. The SMILES string of the molecule is CC1CN(c2cc(OC3CCOCC3)ncn2)CC1N1CCOCC1. The fourth-order valence-corrected chi connectivity index (χ4v) is 4.05. The van der Waals surface area contributed by atoms with Crippen molar-refractivity contribution in [1.82, 2.24) is 14.9 Å². The zero-order valence-corrected chi connectivity index (χ0v) is 15.0. The maximum atomic E-state index is 6.04. The van der Waals surface area contributed by atoms with Crippen LogP contribution >= 0.6 is 0 Å². The van der Waals surface area contributed by atoms with Crippen LogP contribution in [0.4, 0.5) is 5.82 Å². The van der Waals surface area contributed by atoms with Gasteiger partial charge in [-0.25, -0.2) is 9.97 Å². The Labute approximate surface area is 149 Å². The van der Waals surface area contributed by atoms with Gasteiger partial charge in [-0.05, 0) is 5.92 Å². The van der Waals surface area contributed by atoms with E-state index < -0.39 is 0 Å². The summed E-state index contributed by atoms with van der Waals surface area (Å²) in [5, 5.41) is 0. The molecule has 0 radical (unpaired) electrons. The molecule has 4 rings (SSSR count). The van der Waals surface area contributed by atoms with Crippen molar-refractivity contribution in [3.63, 3.8) is 0 Å². The standard InChI is InChI=1S/C18H28N4O3/c1-14-11-22(12-16(14)21-4-8-24-9-5-21)17-10-18(20-13-19-17)25-15-2-6-23-7-3-15/h10,13-16H,2-9,11-12H2,1H3. The second kappa shape index (κ2) is 7.85. The van der Waals surface area contributed by atoms with Crippen molar-refractivity contribution < 1.29 is 14.2 Å². The molecular weight excluding hydrogens is 320 g/mol. The Morgan fingerprint density at radius 1 is 1.04 bits per heavy atom. The topological polar surface area (TPSA) is 60.0 Å². The van der Waals surface area contributed by atoms with Gasteiger partial charge >= 0.3 is 0 Å². The molecule has 2 atom stereocenters.